The Morgan fingerprint density at radius 2 is 1.84 bits per heavy atom. The largest absolute Gasteiger partial charge is 0.406 e. The van der Waals surface area contributed by atoms with E-state index in [4.69, 9.17) is 0 Å². The van der Waals surface area contributed by atoms with Crippen molar-refractivity contribution in [3.05, 3.63) is 0 Å². The molecule has 2 aliphatic rings. The molecule has 2 nitrogen and oxygen atoms in total. The van der Waals surface area contributed by atoms with Gasteiger partial charge in [0.05, 0.1) is 0 Å². The minimum absolute atomic E-state index is 0.0344. The molecule has 1 unspecified atom stereocenters. The maximum atomic E-state index is 12.9. The molecule has 0 spiro atoms. The molecule has 0 radical (unpaired) electrons. The van der Waals surface area contributed by atoms with Crippen molar-refractivity contribution in [1.82, 2.24) is 10.2 Å². The van der Waals surface area contributed by atoms with Gasteiger partial charge in [0.1, 0.15) is 5.54 Å². The molecule has 19 heavy (non-hydrogen) atoms. The van der Waals surface area contributed by atoms with Gasteiger partial charge in [0.2, 0.25) is 0 Å². The summed E-state index contributed by atoms with van der Waals surface area (Å²) in [6, 6.07) is -0.0344. The van der Waals surface area contributed by atoms with Gasteiger partial charge in [-0.05, 0) is 64.6 Å². The Bertz CT molecular complexity index is 292. The molecule has 0 aromatic rings. The van der Waals surface area contributed by atoms with Crippen LogP contribution in [-0.4, -0.2) is 42.3 Å². The molecule has 112 valence electrons. The topological polar surface area (TPSA) is 15.3 Å². The van der Waals surface area contributed by atoms with Crippen LogP contribution >= 0.6 is 0 Å². The molecule has 0 bridgehead atoms. The van der Waals surface area contributed by atoms with Crippen LogP contribution in [0.15, 0.2) is 0 Å². The van der Waals surface area contributed by atoms with Gasteiger partial charge < -0.3 is 10.2 Å². The zero-order chi connectivity index (χ0) is 14.1. The quantitative estimate of drug-likeness (QED) is 0.831. The van der Waals surface area contributed by atoms with E-state index in [-0.39, 0.29) is 18.9 Å². The Balaban J connectivity index is 1.80. The number of hydrogen-bond donors (Lipinski definition) is 1. The van der Waals surface area contributed by atoms with E-state index in [1.54, 1.807) is 0 Å². The van der Waals surface area contributed by atoms with Crippen LogP contribution in [0.3, 0.4) is 0 Å². The average Bonchev–Trinajstić information content (AvgIpc) is 3.10. The van der Waals surface area contributed by atoms with Gasteiger partial charge in [-0.25, -0.2) is 0 Å². The van der Waals surface area contributed by atoms with E-state index in [0.29, 0.717) is 5.92 Å². The molecule has 1 saturated carbocycles. The highest BCUT2D eigenvalue weighted by atomic mass is 19.4. The molecule has 1 aliphatic heterocycles. The normalized spacial score (nSPS) is 26.4. The number of likely N-dealkylation sites (tertiary alicyclic amines) is 1. The summed E-state index contributed by atoms with van der Waals surface area (Å²) in [4.78, 5) is 2.42. The van der Waals surface area contributed by atoms with Gasteiger partial charge >= 0.3 is 6.18 Å². The number of rotatable bonds is 5. The van der Waals surface area contributed by atoms with E-state index >= 15 is 0 Å². The summed E-state index contributed by atoms with van der Waals surface area (Å²) in [5, 5.41) is 2.88. The minimum Gasteiger partial charge on any atom is -0.303 e. The Morgan fingerprint density at radius 3 is 2.26 bits per heavy atom. The van der Waals surface area contributed by atoms with Gasteiger partial charge in [-0.1, -0.05) is 6.92 Å². The van der Waals surface area contributed by atoms with Crippen LogP contribution < -0.4 is 5.32 Å². The smallest absolute Gasteiger partial charge is 0.303 e. The second-order valence-electron chi connectivity index (χ2n) is 6.19. The molecule has 0 aromatic heterocycles. The molecule has 0 aromatic carbocycles. The zero-order valence-electron chi connectivity index (χ0n) is 11.9. The van der Waals surface area contributed by atoms with E-state index in [1.165, 1.54) is 0 Å². The third-order valence-corrected chi connectivity index (χ3v) is 4.68. The molecule has 1 heterocycles. The second-order valence-corrected chi connectivity index (χ2v) is 6.19. The van der Waals surface area contributed by atoms with Crippen molar-refractivity contribution in [2.75, 3.05) is 19.6 Å². The maximum Gasteiger partial charge on any atom is 0.406 e. The van der Waals surface area contributed by atoms with Gasteiger partial charge in [-0.2, -0.15) is 13.2 Å². The predicted molar refractivity (Wildman–Crippen MR) is 70.1 cm³/mol. The number of alkyl halides is 3. The highest BCUT2D eigenvalue weighted by molar-refractivity contribution is 5.09. The Labute approximate surface area is 113 Å². The fourth-order valence-electron chi connectivity index (χ4n) is 3.18. The van der Waals surface area contributed by atoms with Crippen molar-refractivity contribution in [1.29, 1.82) is 0 Å². The molecule has 1 saturated heterocycles. The van der Waals surface area contributed by atoms with Crippen molar-refractivity contribution in [2.45, 2.75) is 63.7 Å². The first kappa shape index (κ1) is 15.1. The van der Waals surface area contributed by atoms with E-state index < -0.39 is 11.7 Å². The number of halogens is 3. The van der Waals surface area contributed by atoms with Crippen molar-refractivity contribution in [2.24, 2.45) is 5.92 Å². The number of hydrogen-bond acceptors (Lipinski definition) is 2. The summed E-state index contributed by atoms with van der Waals surface area (Å²) in [6.45, 7) is 7.26. The summed E-state index contributed by atoms with van der Waals surface area (Å²) in [5.74, 6) is 0.382. The fraction of sp³-hybridized carbons (Fsp3) is 1.00. The lowest BCUT2D eigenvalue weighted by atomic mass is 9.89. The molecule has 1 aliphatic carbocycles. The van der Waals surface area contributed by atoms with Crippen LogP contribution in [-0.2, 0) is 0 Å². The van der Waals surface area contributed by atoms with Crippen LogP contribution in [0, 0.1) is 5.92 Å². The van der Waals surface area contributed by atoms with E-state index in [2.05, 4.69) is 17.1 Å². The standard InChI is InChI=1S/C14H25F3N2/c1-3-8-19-9-4-12(5-10-19)11(2)18-13(6-7-13)14(15,16)17/h11-12,18H,3-10H2,1-2H3. The van der Waals surface area contributed by atoms with Crippen LogP contribution in [0.4, 0.5) is 13.2 Å². The Kier molecular flexibility index (Phi) is 4.45. The van der Waals surface area contributed by atoms with Crippen LogP contribution in [0.2, 0.25) is 0 Å². The van der Waals surface area contributed by atoms with Gasteiger partial charge in [0.15, 0.2) is 0 Å². The van der Waals surface area contributed by atoms with Crippen LogP contribution in [0.1, 0.15) is 46.0 Å². The Morgan fingerprint density at radius 1 is 1.26 bits per heavy atom. The lowest BCUT2D eigenvalue weighted by Crippen LogP contribution is -2.52. The van der Waals surface area contributed by atoms with Crippen molar-refractivity contribution in [3.8, 4) is 0 Å². The van der Waals surface area contributed by atoms with Gasteiger partial charge in [0, 0.05) is 6.04 Å². The fourth-order valence-corrected chi connectivity index (χ4v) is 3.18. The van der Waals surface area contributed by atoms with Gasteiger partial charge in [-0.3, -0.25) is 0 Å². The van der Waals surface area contributed by atoms with Gasteiger partial charge in [-0.15, -0.1) is 0 Å². The van der Waals surface area contributed by atoms with Crippen molar-refractivity contribution in [3.63, 3.8) is 0 Å². The number of piperidine rings is 1. The molecule has 2 rings (SSSR count). The molecule has 2 fully saturated rings. The molecule has 5 heteroatoms. The summed E-state index contributed by atoms with van der Waals surface area (Å²) < 4.78 is 38.7. The lowest BCUT2D eigenvalue weighted by Gasteiger charge is -2.37. The third-order valence-electron chi connectivity index (χ3n) is 4.68. The van der Waals surface area contributed by atoms with Gasteiger partial charge in [0.25, 0.3) is 0 Å². The summed E-state index contributed by atoms with van der Waals surface area (Å²) in [6.07, 6.45) is -0.422. The van der Waals surface area contributed by atoms with E-state index in [9.17, 15) is 13.2 Å². The SMILES string of the molecule is CCCN1CCC(C(C)NC2(C(F)(F)F)CC2)CC1. The van der Waals surface area contributed by atoms with Crippen molar-refractivity contribution >= 4 is 0 Å². The monoisotopic (exact) mass is 278 g/mol. The van der Waals surface area contributed by atoms with E-state index in [1.807, 2.05) is 6.92 Å². The molecular formula is C14H25F3N2. The maximum absolute atomic E-state index is 12.9. The number of nitrogens with zero attached hydrogens (tertiary/aromatic N) is 1. The highest BCUT2D eigenvalue weighted by Crippen LogP contribution is 2.49. The summed E-state index contributed by atoms with van der Waals surface area (Å²) in [5.41, 5.74) is -1.56. The first-order chi connectivity index (χ1) is 8.88. The molecular weight excluding hydrogens is 253 g/mol. The van der Waals surface area contributed by atoms with Crippen LogP contribution in [0.5, 0.6) is 0 Å². The first-order valence-electron chi connectivity index (χ1n) is 7.45. The van der Waals surface area contributed by atoms with Crippen molar-refractivity contribution < 1.29 is 13.2 Å². The van der Waals surface area contributed by atoms with E-state index in [0.717, 1.165) is 38.9 Å². The molecule has 1 N–H and O–H groups in total. The minimum atomic E-state index is -4.09. The number of nitrogens with one attached hydrogen (secondary N) is 1. The third kappa shape index (κ3) is 3.43. The summed E-state index contributed by atoms with van der Waals surface area (Å²) >= 11 is 0. The Hall–Kier alpha value is -0.290. The summed E-state index contributed by atoms with van der Waals surface area (Å²) in [7, 11) is 0. The molecule has 0 amide bonds. The van der Waals surface area contributed by atoms with Crippen LogP contribution in [0.25, 0.3) is 0 Å². The lowest BCUT2D eigenvalue weighted by molar-refractivity contribution is -0.168. The average molecular weight is 278 g/mol. The zero-order valence-corrected chi connectivity index (χ0v) is 11.9. The predicted octanol–water partition coefficient (Wildman–Crippen LogP) is 3.18. The first-order valence-corrected chi connectivity index (χ1v) is 7.45. The molecule has 1 atom stereocenters. The highest BCUT2D eigenvalue weighted by Gasteiger charge is 2.63. The second kappa shape index (κ2) is 5.60.